The van der Waals surface area contributed by atoms with E-state index in [1.54, 1.807) is 30.3 Å². The van der Waals surface area contributed by atoms with Crippen molar-refractivity contribution in [1.29, 1.82) is 0 Å². The lowest BCUT2D eigenvalue weighted by Gasteiger charge is -2.08. The Morgan fingerprint density at radius 2 is 1.37 bits per heavy atom. The van der Waals surface area contributed by atoms with Gasteiger partial charge in [0, 0.05) is 11.8 Å². The molecular formula is C19H15N5O3. The van der Waals surface area contributed by atoms with Gasteiger partial charge in [0.15, 0.2) is 0 Å². The average molecular weight is 361 g/mol. The molecule has 0 aliphatic rings. The van der Waals surface area contributed by atoms with Crippen LogP contribution >= 0.6 is 0 Å². The zero-order valence-electron chi connectivity index (χ0n) is 14.1. The summed E-state index contributed by atoms with van der Waals surface area (Å²) >= 11 is 0. The molecule has 0 spiro atoms. The molecule has 0 aliphatic heterocycles. The lowest BCUT2D eigenvalue weighted by atomic mass is 10.2. The number of carbonyl (C=O) groups is 1. The number of nitrogens with zero attached hydrogens (tertiary/aromatic N) is 3. The van der Waals surface area contributed by atoms with Crippen LogP contribution in [0.3, 0.4) is 0 Å². The van der Waals surface area contributed by atoms with E-state index in [0.29, 0.717) is 11.4 Å². The summed E-state index contributed by atoms with van der Waals surface area (Å²) in [5.41, 5.74) is 1.83. The van der Waals surface area contributed by atoms with Crippen molar-refractivity contribution in [2.24, 2.45) is 10.2 Å². The summed E-state index contributed by atoms with van der Waals surface area (Å²) in [6.07, 6.45) is 0. The van der Waals surface area contributed by atoms with Gasteiger partial charge >= 0.3 is 6.03 Å². The molecule has 134 valence electrons. The quantitative estimate of drug-likeness (QED) is 0.348. The van der Waals surface area contributed by atoms with Crippen LogP contribution < -0.4 is 10.6 Å². The minimum atomic E-state index is -0.581. The van der Waals surface area contributed by atoms with Gasteiger partial charge in [-0.25, -0.2) is 4.79 Å². The Hall–Kier alpha value is -4.07. The molecule has 0 unspecified atom stereocenters. The van der Waals surface area contributed by atoms with Crippen molar-refractivity contribution in [2.75, 3.05) is 10.6 Å². The van der Waals surface area contributed by atoms with E-state index in [1.165, 1.54) is 18.2 Å². The number of hydrogen-bond acceptors (Lipinski definition) is 5. The van der Waals surface area contributed by atoms with Crippen molar-refractivity contribution < 1.29 is 9.72 Å². The normalized spacial score (nSPS) is 10.5. The van der Waals surface area contributed by atoms with Gasteiger partial charge in [-0.3, -0.25) is 10.1 Å². The maximum absolute atomic E-state index is 12.1. The lowest BCUT2D eigenvalue weighted by molar-refractivity contribution is -0.383. The SMILES string of the molecule is O=C(Nc1ccc(/N=N/c2ccccc2)cc1)Nc1ccccc1[N+](=O)[O-]. The molecule has 0 aliphatic carbocycles. The lowest BCUT2D eigenvalue weighted by Crippen LogP contribution is -2.19. The predicted octanol–water partition coefficient (Wildman–Crippen LogP) is 5.65. The second-order valence-corrected chi connectivity index (χ2v) is 5.44. The molecule has 0 heterocycles. The second-order valence-electron chi connectivity index (χ2n) is 5.44. The third-order valence-corrected chi connectivity index (χ3v) is 3.51. The molecule has 3 rings (SSSR count). The summed E-state index contributed by atoms with van der Waals surface area (Å²) in [5, 5.41) is 24.3. The van der Waals surface area contributed by atoms with E-state index >= 15 is 0 Å². The monoisotopic (exact) mass is 361 g/mol. The number of rotatable bonds is 5. The van der Waals surface area contributed by atoms with Crippen LogP contribution in [0, 0.1) is 10.1 Å². The Balaban J connectivity index is 1.62. The number of benzene rings is 3. The first-order valence-corrected chi connectivity index (χ1v) is 8.00. The van der Waals surface area contributed by atoms with E-state index in [-0.39, 0.29) is 11.4 Å². The largest absolute Gasteiger partial charge is 0.323 e. The predicted molar refractivity (Wildman–Crippen MR) is 103 cm³/mol. The Morgan fingerprint density at radius 1 is 0.778 bits per heavy atom. The van der Waals surface area contributed by atoms with E-state index in [1.807, 2.05) is 30.3 Å². The van der Waals surface area contributed by atoms with Crippen molar-refractivity contribution in [1.82, 2.24) is 0 Å². The van der Waals surface area contributed by atoms with Crippen molar-refractivity contribution in [3.8, 4) is 0 Å². The number of amides is 2. The van der Waals surface area contributed by atoms with E-state index in [2.05, 4.69) is 20.9 Å². The highest BCUT2D eigenvalue weighted by molar-refractivity contribution is 6.01. The molecule has 0 saturated heterocycles. The van der Waals surface area contributed by atoms with Gasteiger partial charge in [-0.05, 0) is 42.5 Å². The fraction of sp³-hybridized carbons (Fsp3) is 0. The number of urea groups is 1. The summed E-state index contributed by atoms with van der Waals surface area (Å²) < 4.78 is 0. The first-order chi connectivity index (χ1) is 13.1. The number of nitrogens with one attached hydrogen (secondary N) is 2. The molecular weight excluding hydrogens is 346 g/mol. The van der Waals surface area contributed by atoms with Gasteiger partial charge in [0.1, 0.15) is 5.69 Å². The fourth-order valence-electron chi connectivity index (χ4n) is 2.24. The second kappa shape index (κ2) is 8.34. The van der Waals surface area contributed by atoms with Crippen LogP contribution in [-0.4, -0.2) is 11.0 Å². The van der Waals surface area contributed by atoms with Crippen LogP contribution in [0.1, 0.15) is 0 Å². The Kier molecular flexibility index (Phi) is 5.48. The molecule has 3 aromatic carbocycles. The van der Waals surface area contributed by atoms with Crippen LogP contribution in [0.25, 0.3) is 0 Å². The van der Waals surface area contributed by atoms with Crippen molar-refractivity contribution >= 4 is 34.5 Å². The maximum Gasteiger partial charge on any atom is 0.323 e. The molecule has 0 bridgehead atoms. The third-order valence-electron chi connectivity index (χ3n) is 3.51. The summed E-state index contributed by atoms with van der Waals surface area (Å²) in [6, 6.07) is 21.4. The van der Waals surface area contributed by atoms with Gasteiger partial charge in [-0.15, -0.1) is 0 Å². The Morgan fingerprint density at radius 3 is 2.04 bits per heavy atom. The number of nitro benzene ring substituents is 1. The Bertz CT molecular complexity index is 972. The van der Waals surface area contributed by atoms with Gasteiger partial charge < -0.3 is 10.6 Å². The number of hydrogen-bond donors (Lipinski definition) is 2. The number of para-hydroxylation sites is 2. The highest BCUT2D eigenvalue weighted by Crippen LogP contribution is 2.24. The van der Waals surface area contributed by atoms with E-state index in [4.69, 9.17) is 0 Å². The molecule has 3 aromatic rings. The standard InChI is InChI=1S/C19H15N5O3/c25-19(21-17-8-4-5-9-18(17)24(26)27)20-14-10-12-16(13-11-14)23-22-15-6-2-1-3-7-15/h1-13H,(H2,20,21,25)/b23-22+. The van der Waals surface area contributed by atoms with Crippen LogP contribution in [0.5, 0.6) is 0 Å². The van der Waals surface area contributed by atoms with Crippen molar-refractivity contribution in [3.63, 3.8) is 0 Å². The smallest absolute Gasteiger partial charge is 0.308 e. The van der Waals surface area contributed by atoms with Crippen molar-refractivity contribution in [2.45, 2.75) is 0 Å². The molecule has 2 N–H and O–H groups in total. The van der Waals surface area contributed by atoms with Gasteiger partial charge in [-0.1, -0.05) is 30.3 Å². The van der Waals surface area contributed by atoms with Crippen LogP contribution in [0.4, 0.5) is 33.2 Å². The van der Waals surface area contributed by atoms with Gasteiger partial charge in [0.25, 0.3) is 5.69 Å². The van der Waals surface area contributed by atoms with E-state index in [0.717, 1.165) is 5.69 Å². The Labute approximate surface area is 154 Å². The summed E-state index contributed by atoms with van der Waals surface area (Å²) in [6.45, 7) is 0. The minimum absolute atomic E-state index is 0.119. The number of azo groups is 1. The average Bonchev–Trinajstić information content (AvgIpc) is 2.68. The minimum Gasteiger partial charge on any atom is -0.308 e. The first-order valence-electron chi connectivity index (χ1n) is 8.00. The molecule has 0 saturated carbocycles. The molecule has 8 nitrogen and oxygen atoms in total. The molecule has 8 heteroatoms. The number of carbonyl (C=O) groups excluding carboxylic acids is 1. The van der Waals surface area contributed by atoms with Crippen LogP contribution in [0.15, 0.2) is 89.1 Å². The number of anilines is 2. The zero-order chi connectivity index (χ0) is 19.1. The van der Waals surface area contributed by atoms with Gasteiger partial charge in [0.05, 0.1) is 16.3 Å². The molecule has 0 radical (unpaired) electrons. The van der Waals surface area contributed by atoms with Crippen LogP contribution in [-0.2, 0) is 0 Å². The molecule has 0 fully saturated rings. The topological polar surface area (TPSA) is 109 Å². The highest BCUT2D eigenvalue weighted by atomic mass is 16.6. The van der Waals surface area contributed by atoms with Crippen molar-refractivity contribution in [3.05, 3.63) is 89.0 Å². The highest BCUT2D eigenvalue weighted by Gasteiger charge is 2.14. The first kappa shape index (κ1) is 17.7. The fourth-order valence-corrected chi connectivity index (χ4v) is 2.24. The summed E-state index contributed by atoms with van der Waals surface area (Å²) in [5.74, 6) is 0. The zero-order valence-corrected chi connectivity index (χ0v) is 14.1. The number of nitro groups is 1. The van der Waals surface area contributed by atoms with E-state index < -0.39 is 11.0 Å². The summed E-state index contributed by atoms with van der Waals surface area (Å²) in [4.78, 5) is 22.5. The summed E-state index contributed by atoms with van der Waals surface area (Å²) in [7, 11) is 0. The molecule has 27 heavy (non-hydrogen) atoms. The van der Waals surface area contributed by atoms with Gasteiger partial charge in [0.2, 0.25) is 0 Å². The third kappa shape index (κ3) is 4.95. The maximum atomic E-state index is 12.1. The molecule has 0 atom stereocenters. The van der Waals surface area contributed by atoms with E-state index in [9.17, 15) is 14.9 Å². The molecule has 0 aromatic heterocycles. The van der Waals surface area contributed by atoms with Crippen LogP contribution in [0.2, 0.25) is 0 Å². The van der Waals surface area contributed by atoms with Gasteiger partial charge in [-0.2, -0.15) is 10.2 Å². The molecule has 2 amide bonds.